The van der Waals surface area contributed by atoms with Crippen LogP contribution in [0.3, 0.4) is 0 Å². The second-order valence-electron chi connectivity index (χ2n) is 7.00. The minimum Gasteiger partial charge on any atom is -0.454 e. The Hall–Kier alpha value is -1.42. The monoisotopic (exact) mass is 289 g/mol. The lowest BCUT2D eigenvalue weighted by Crippen LogP contribution is -2.39. The number of Topliss-reactive ketones (excluding diaryl/α,β-unsaturated/α-hetero) is 1. The quantitative estimate of drug-likeness (QED) is 0.607. The Morgan fingerprint density at radius 2 is 1.90 bits per heavy atom. The number of oxime groups is 1. The summed E-state index contributed by atoms with van der Waals surface area (Å²) in [7, 11) is -1.96. The number of hydrogen-bond acceptors (Lipinski definition) is 3. The molecule has 0 saturated carbocycles. The Morgan fingerprint density at radius 1 is 1.25 bits per heavy atom. The molecule has 0 radical (unpaired) electrons. The van der Waals surface area contributed by atoms with Gasteiger partial charge in [0.15, 0.2) is 0 Å². The summed E-state index contributed by atoms with van der Waals surface area (Å²) in [6.45, 7) is 12.8. The van der Waals surface area contributed by atoms with E-state index in [1.54, 1.807) is 0 Å². The predicted octanol–water partition coefficient (Wildman–Crippen LogP) is 4.11. The van der Waals surface area contributed by atoms with Crippen molar-refractivity contribution in [1.82, 2.24) is 0 Å². The molecular formula is C16H23NO2Si. The van der Waals surface area contributed by atoms with Gasteiger partial charge in [0.25, 0.3) is 8.32 Å². The molecule has 0 saturated heterocycles. The van der Waals surface area contributed by atoms with Gasteiger partial charge >= 0.3 is 0 Å². The van der Waals surface area contributed by atoms with Gasteiger partial charge in [-0.2, -0.15) is 0 Å². The normalized spacial score (nSPS) is 17.5. The third-order valence-corrected chi connectivity index (χ3v) is 8.61. The average molecular weight is 289 g/mol. The number of carbonyl (C=O) groups excluding carboxylic acids is 1. The van der Waals surface area contributed by atoms with Gasteiger partial charge in [-0.1, -0.05) is 39.0 Å². The van der Waals surface area contributed by atoms with E-state index in [9.17, 15) is 4.79 Å². The summed E-state index contributed by atoms with van der Waals surface area (Å²) in [4.78, 5) is 12.3. The molecule has 0 atom stereocenters. The molecule has 108 valence electrons. The molecule has 1 aliphatic carbocycles. The van der Waals surface area contributed by atoms with Crippen LogP contribution in [0.4, 0.5) is 0 Å². The molecule has 0 N–H and O–H groups in total. The van der Waals surface area contributed by atoms with Crippen LogP contribution in [-0.4, -0.2) is 19.8 Å². The van der Waals surface area contributed by atoms with Gasteiger partial charge in [0.1, 0.15) is 5.71 Å². The van der Waals surface area contributed by atoms with Crippen LogP contribution >= 0.6 is 0 Å². The second kappa shape index (κ2) is 4.84. The summed E-state index contributed by atoms with van der Waals surface area (Å²) in [5.41, 5.74) is 3.56. The molecule has 0 aromatic heterocycles. The van der Waals surface area contributed by atoms with Crippen molar-refractivity contribution in [1.29, 1.82) is 0 Å². The van der Waals surface area contributed by atoms with Gasteiger partial charge in [-0.25, -0.2) is 0 Å². The lowest BCUT2D eigenvalue weighted by Gasteiger charge is -2.33. The molecule has 0 heterocycles. The molecule has 0 spiro atoms. The average Bonchev–Trinajstić information content (AvgIpc) is 2.65. The number of ketones is 1. The second-order valence-corrected chi connectivity index (χ2v) is 11.7. The van der Waals surface area contributed by atoms with Gasteiger partial charge in [-0.3, -0.25) is 4.79 Å². The number of benzene rings is 1. The van der Waals surface area contributed by atoms with Crippen LogP contribution in [0.15, 0.2) is 23.4 Å². The fraction of sp³-hybridized carbons (Fsp3) is 0.500. The highest BCUT2D eigenvalue weighted by Crippen LogP contribution is 2.37. The zero-order chi connectivity index (χ0) is 15.1. The first-order chi connectivity index (χ1) is 9.13. The van der Waals surface area contributed by atoms with Crippen LogP contribution in [0, 0.1) is 6.92 Å². The number of rotatable bonds is 2. The fourth-order valence-electron chi connectivity index (χ4n) is 1.93. The van der Waals surface area contributed by atoms with Gasteiger partial charge in [-0.15, -0.1) is 5.16 Å². The highest BCUT2D eigenvalue weighted by atomic mass is 28.4. The van der Waals surface area contributed by atoms with Gasteiger partial charge in [-0.05, 0) is 36.2 Å². The number of fused-ring (bicyclic) bond motifs is 1. The maximum atomic E-state index is 12.3. The molecule has 1 aromatic carbocycles. The lowest BCUT2D eigenvalue weighted by molar-refractivity contribution is 0.106. The topological polar surface area (TPSA) is 38.7 Å². The number of carbonyl (C=O) groups is 1. The maximum absolute atomic E-state index is 12.3. The maximum Gasteiger partial charge on any atom is 0.286 e. The summed E-state index contributed by atoms with van der Waals surface area (Å²) >= 11 is 0. The largest absolute Gasteiger partial charge is 0.454 e. The zero-order valence-corrected chi connectivity index (χ0v) is 14.2. The molecule has 0 unspecified atom stereocenters. The summed E-state index contributed by atoms with van der Waals surface area (Å²) in [6, 6.07) is 5.83. The van der Waals surface area contributed by atoms with E-state index in [-0.39, 0.29) is 10.8 Å². The van der Waals surface area contributed by atoms with Crippen LogP contribution in [-0.2, 0) is 10.9 Å². The Balaban J connectivity index is 2.24. The van der Waals surface area contributed by atoms with Gasteiger partial charge in [0.05, 0.1) is 0 Å². The summed E-state index contributed by atoms with van der Waals surface area (Å²) in [5.74, 6) is 0.0161. The molecule has 0 amide bonds. The van der Waals surface area contributed by atoms with Crippen molar-refractivity contribution in [2.45, 2.75) is 52.2 Å². The fourth-order valence-corrected chi connectivity index (χ4v) is 2.54. The lowest BCUT2D eigenvalue weighted by atomic mass is 10.1. The van der Waals surface area contributed by atoms with Crippen molar-refractivity contribution >= 4 is 19.8 Å². The molecule has 0 aliphatic heterocycles. The van der Waals surface area contributed by atoms with E-state index in [4.69, 9.17) is 4.53 Å². The number of hydrogen-bond donors (Lipinski definition) is 0. The molecule has 20 heavy (non-hydrogen) atoms. The van der Waals surface area contributed by atoms with Crippen molar-refractivity contribution in [3.63, 3.8) is 0 Å². The summed E-state index contributed by atoms with van der Waals surface area (Å²) in [6.07, 6.45) is 0.593. The van der Waals surface area contributed by atoms with E-state index in [0.29, 0.717) is 12.1 Å². The molecule has 4 heteroatoms. The predicted molar refractivity (Wildman–Crippen MR) is 84.9 cm³/mol. The Kier molecular flexibility index (Phi) is 3.63. The third-order valence-electron chi connectivity index (χ3n) is 4.45. The third kappa shape index (κ3) is 2.57. The van der Waals surface area contributed by atoms with Crippen LogP contribution < -0.4 is 0 Å². The van der Waals surface area contributed by atoms with E-state index in [1.165, 1.54) is 0 Å². The van der Waals surface area contributed by atoms with E-state index in [1.807, 2.05) is 25.1 Å². The van der Waals surface area contributed by atoms with Crippen LogP contribution in [0.2, 0.25) is 18.1 Å². The highest BCUT2D eigenvalue weighted by molar-refractivity contribution is 6.74. The first-order valence-corrected chi connectivity index (χ1v) is 9.92. The van der Waals surface area contributed by atoms with Crippen LogP contribution in [0.5, 0.6) is 0 Å². The summed E-state index contributed by atoms with van der Waals surface area (Å²) in [5, 5.41) is 4.31. The van der Waals surface area contributed by atoms with Crippen LogP contribution in [0.25, 0.3) is 0 Å². The molecule has 1 aromatic rings. The SMILES string of the molecule is Cc1cccc2c1CC(=NO[Si](C)(C)C(C)(C)C)C2=O. The molecule has 2 rings (SSSR count). The molecule has 3 nitrogen and oxygen atoms in total. The van der Waals surface area contributed by atoms with E-state index >= 15 is 0 Å². The van der Waals surface area contributed by atoms with Gasteiger partial charge in [0, 0.05) is 12.0 Å². The molecule has 1 aliphatic rings. The molecular weight excluding hydrogens is 266 g/mol. The molecule has 0 fully saturated rings. The van der Waals surface area contributed by atoms with Crippen LogP contribution in [0.1, 0.15) is 42.3 Å². The van der Waals surface area contributed by atoms with Crippen molar-refractivity contribution in [3.05, 3.63) is 34.9 Å². The smallest absolute Gasteiger partial charge is 0.286 e. The number of nitrogens with zero attached hydrogens (tertiary/aromatic N) is 1. The minimum absolute atomic E-state index is 0.0161. The first-order valence-electron chi connectivity index (χ1n) is 7.02. The zero-order valence-electron chi connectivity index (χ0n) is 13.2. The summed E-state index contributed by atoms with van der Waals surface area (Å²) < 4.78 is 5.83. The van der Waals surface area contributed by atoms with E-state index < -0.39 is 8.32 Å². The first kappa shape index (κ1) is 15.0. The minimum atomic E-state index is -1.96. The van der Waals surface area contributed by atoms with E-state index in [2.05, 4.69) is 39.0 Å². The standard InChI is InChI=1S/C16H23NO2Si/c1-11-8-7-9-12-13(11)10-14(15(12)18)17-19-20(5,6)16(2,3)4/h7-9H,10H2,1-6H3. The van der Waals surface area contributed by atoms with Crippen molar-refractivity contribution < 1.29 is 9.32 Å². The Bertz CT molecular complexity index is 583. The molecule has 0 bridgehead atoms. The van der Waals surface area contributed by atoms with Crippen molar-refractivity contribution in [3.8, 4) is 0 Å². The van der Waals surface area contributed by atoms with Crippen molar-refractivity contribution in [2.75, 3.05) is 0 Å². The van der Waals surface area contributed by atoms with Crippen molar-refractivity contribution in [2.24, 2.45) is 5.16 Å². The highest BCUT2D eigenvalue weighted by Gasteiger charge is 2.40. The number of aryl methyl sites for hydroxylation is 1. The van der Waals surface area contributed by atoms with E-state index in [0.717, 1.165) is 16.7 Å². The Labute approximate surface area is 122 Å². The Morgan fingerprint density at radius 3 is 2.45 bits per heavy atom. The van der Waals surface area contributed by atoms with Gasteiger partial charge < -0.3 is 4.53 Å². The van der Waals surface area contributed by atoms with Gasteiger partial charge in [0.2, 0.25) is 5.78 Å².